The van der Waals surface area contributed by atoms with E-state index in [-0.39, 0.29) is 24.1 Å². The third-order valence-corrected chi connectivity index (χ3v) is 12.7. The van der Waals surface area contributed by atoms with E-state index in [1.165, 1.54) is 31.7 Å². The first-order chi connectivity index (χ1) is 26.3. The molecule has 3 amide bonds. The number of hydrogen-bond donors (Lipinski definition) is 3. The van der Waals surface area contributed by atoms with Gasteiger partial charge in [-0.15, -0.1) is 10.2 Å². The molecule has 3 N–H and O–H groups in total. The Kier molecular flexibility index (Phi) is 9.34. The van der Waals surface area contributed by atoms with Gasteiger partial charge < -0.3 is 25.1 Å². The van der Waals surface area contributed by atoms with Crippen molar-refractivity contribution in [2.45, 2.75) is 57.2 Å². The van der Waals surface area contributed by atoms with E-state index >= 15 is 0 Å². The van der Waals surface area contributed by atoms with Gasteiger partial charge in [0.05, 0.1) is 17.4 Å². The van der Waals surface area contributed by atoms with Crippen molar-refractivity contribution in [3.8, 4) is 17.0 Å². The Balaban J connectivity index is 0.725. The van der Waals surface area contributed by atoms with Crippen molar-refractivity contribution >= 4 is 34.9 Å². The largest absolute Gasteiger partial charge is 0.504 e. The van der Waals surface area contributed by atoms with Crippen LogP contribution in [0.2, 0.25) is 0 Å². The Morgan fingerprint density at radius 2 is 1.57 bits per heavy atom. The predicted octanol–water partition coefficient (Wildman–Crippen LogP) is 3.29. The number of piperazine rings is 2. The quantitative estimate of drug-likeness (QED) is 0.308. The van der Waals surface area contributed by atoms with E-state index in [1.54, 1.807) is 17.0 Å². The summed E-state index contributed by atoms with van der Waals surface area (Å²) < 4.78 is 14.1. The third-order valence-electron chi connectivity index (χ3n) is 12.7. The van der Waals surface area contributed by atoms with E-state index in [0.29, 0.717) is 35.8 Å². The number of aromatic nitrogens is 2. The molecule has 13 nitrogen and oxygen atoms in total. The van der Waals surface area contributed by atoms with E-state index < -0.39 is 17.6 Å². The third kappa shape index (κ3) is 6.74. The number of para-hydroxylation sites is 1. The number of imide groups is 1. The second-order valence-corrected chi connectivity index (χ2v) is 16.0. The minimum absolute atomic E-state index is 0.121. The molecule has 0 radical (unpaired) electrons. The number of piperidine rings is 1. The highest BCUT2D eigenvalue weighted by Crippen LogP contribution is 2.38. The maximum absolute atomic E-state index is 14.1. The zero-order valence-electron chi connectivity index (χ0n) is 30.6. The number of nitrogens with zero attached hydrogens (tertiary/aromatic N) is 7. The maximum Gasteiger partial charge on any atom is 0.255 e. The van der Waals surface area contributed by atoms with Gasteiger partial charge in [-0.05, 0) is 79.8 Å². The summed E-state index contributed by atoms with van der Waals surface area (Å²) in [6.45, 7) is 10.2. The average molecular weight is 738 g/mol. The zero-order chi connectivity index (χ0) is 36.9. The normalized spacial score (nSPS) is 26.2. The topological polar surface area (TPSA) is 137 Å². The molecule has 0 bridgehead atoms. The van der Waals surface area contributed by atoms with Crippen LogP contribution in [-0.2, 0) is 16.1 Å². The fourth-order valence-corrected chi connectivity index (χ4v) is 9.63. The Bertz CT molecular complexity index is 1950. The molecule has 2 aromatic carbocycles. The molecule has 0 spiro atoms. The Hall–Kier alpha value is -4.82. The Labute approximate surface area is 314 Å². The molecule has 6 aliphatic rings. The molecule has 4 fully saturated rings. The summed E-state index contributed by atoms with van der Waals surface area (Å²) in [5.74, 6) is 0.349. The first kappa shape index (κ1) is 34.9. The second-order valence-electron chi connectivity index (χ2n) is 16.0. The average Bonchev–Trinajstić information content (AvgIpc) is 3.51. The number of carbonyl (C=O) groups excluding carboxylic acids is 3. The highest BCUT2D eigenvalue weighted by Gasteiger charge is 2.40. The summed E-state index contributed by atoms with van der Waals surface area (Å²) in [5, 5.41) is 24.8. The van der Waals surface area contributed by atoms with Crippen LogP contribution in [0.5, 0.6) is 5.75 Å². The number of benzene rings is 2. The molecule has 54 heavy (non-hydrogen) atoms. The van der Waals surface area contributed by atoms with Gasteiger partial charge in [0, 0.05) is 95.2 Å². The predicted molar refractivity (Wildman–Crippen MR) is 202 cm³/mol. The van der Waals surface area contributed by atoms with Crippen molar-refractivity contribution in [3.63, 3.8) is 0 Å². The van der Waals surface area contributed by atoms with Crippen LogP contribution in [0.25, 0.3) is 11.3 Å². The number of hydrogen-bond acceptors (Lipinski definition) is 11. The lowest BCUT2D eigenvalue weighted by atomic mass is 9.81. The van der Waals surface area contributed by atoms with Crippen LogP contribution in [0.1, 0.15) is 54.4 Å². The number of phenolic OH excluding ortho intramolecular Hbond substituents is 1. The fourth-order valence-electron chi connectivity index (χ4n) is 9.63. The molecule has 3 aromatic rings. The minimum atomic E-state index is -0.666. The summed E-state index contributed by atoms with van der Waals surface area (Å²) in [4.78, 5) is 49.0. The summed E-state index contributed by atoms with van der Waals surface area (Å²) in [6.07, 6.45) is 5.72. The summed E-state index contributed by atoms with van der Waals surface area (Å²) in [5.41, 5.74) is 4.45. The monoisotopic (exact) mass is 737 g/mol. The fraction of sp³-hybridized carbons (Fsp3) is 0.525. The van der Waals surface area contributed by atoms with Gasteiger partial charge in [0.2, 0.25) is 11.8 Å². The smallest absolute Gasteiger partial charge is 0.255 e. The van der Waals surface area contributed by atoms with Gasteiger partial charge in [-0.3, -0.25) is 29.5 Å². The lowest BCUT2D eigenvalue weighted by Crippen LogP contribution is -2.58. The van der Waals surface area contributed by atoms with Gasteiger partial charge >= 0.3 is 0 Å². The SMILES string of the molecule is O=C1CC[C@H](N2Cc3ccc(N4CCN(CC5CCC(CN6CCN7c8cc(-c9cccc(F)c9O)nnc8NC[C@H]7C6)CC5)CC4)cc3C2=O)C(=O)N1. The maximum atomic E-state index is 14.1. The van der Waals surface area contributed by atoms with Gasteiger partial charge in [-0.2, -0.15) is 0 Å². The highest BCUT2D eigenvalue weighted by atomic mass is 19.1. The van der Waals surface area contributed by atoms with Gasteiger partial charge in [0.25, 0.3) is 5.91 Å². The van der Waals surface area contributed by atoms with Crippen LogP contribution in [0.3, 0.4) is 0 Å². The number of fused-ring (bicyclic) bond motifs is 4. The molecule has 1 saturated carbocycles. The highest BCUT2D eigenvalue weighted by molar-refractivity contribution is 6.05. The number of rotatable bonds is 7. The molecule has 2 atom stereocenters. The van der Waals surface area contributed by atoms with E-state index in [4.69, 9.17) is 0 Å². The van der Waals surface area contributed by atoms with Crippen LogP contribution in [0.4, 0.5) is 21.6 Å². The van der Waals surface area contributed by atoms with Crippen molar-refractivity contribution in [1.82, 2.24) is 30.2 Å². The number of halogens is 1. The summed E-state index contributed by atoms with van der Waals surface area (Å²) in [6, 6.07) is 12.2. The van der Waals surface area contributed by atoms with E-state index in [0.717, 1.165) is 100 Å². The van der Waals surface area contributed by atoms with Gasteiger partial charge in [0.1, 0.15) is 6.04 Å². The zero-order valence-corrected chi connectivity index (χ0v) is 30.6. The number of carbonyl (C=O) groups is 3. The molecule has 1 aromatic heterocycles. The van der Waals surface area contributed by atoms with Crippen LogP contribution in [0, 0.1) is 17.7 Å². The molecular weight excluding hydrogens is 689 g/mol. The molecule has 9 rings (SSSR count). The number of phenols is 1. The lowest BCUT2D eigenvalue weighted by molar-refractivity contribution is -0.136. The first-order valence-corrected chi connectivity index (χ1v) is 19.6. The molecular formula is C40H48FN9O4. The van der Waals surface area contributed by atoms with Gasteiger partial charge in [-0.1, -0.05) is 12.1 Å². The number of aromatic hydroxyl groups is 1. The van der Waals surface area contributed by atoms with Gasteiger partial charge in [-0.25, -0.2) is 4.39 Å². The van der Waals surface area contributed by atoms with Crippen LogP contribution in [-0.4, -0.2) is 125 Å². The molecule has 6 heterocycles. The van der Waals surface area contributed by atoms with E-state index in [1.807, 2.05) is 18.2 Å². The lowest BCUT2D eigenvalue weighted by Gasteiger charge is -2.47. The minimum Gasteiger partial charge on any atom is -0.504 e. The molecule has 3 saturated heterocycles. The van der Waals surface area contributed by atoms with E-state index in [9.17, 15) is 23.9 Å². The summed E-state index contributed by atoms with van der Waals surface area (Å²) in [7, 11) is 0. The Morgan fingerprint density at radius 1 is 0.815 bits per heavy atom. The van der Waals surface area contributed by atoms with Crippen molar-refractivity contribution < 1.29 is 23.9 Å². The number of amides is 3. The van der Waals surface area contributed by atoms with Crippen molar-refractivity contribution in [1.29, 1.82) is 0 Å². The standard InChI is InChI=1S/C40H48FN9O4/c41-32-3-1-2-30(37(32)52)33-19-35-38(45-44-33)42-20-29-24-47(14-17-49(29)35)22-26-6-4-25(5-7-26)21-46-12-15-48(16-13-46)28-9-8-27-23-50(40(54)31(27)18-28)34-10-11-36(51)43-39(34)53/h1-3,8-9,18-19,25-26,29,34,52H,4-7,10-17,20-24H2,(H,42,45)(H,43,51,53)/t25?,26?,29-,34-/m0/s1. The van der Waals surface area contributed by atoms with E-state index in [2.05, 4.69) is 46.5 Å². The number of anilines is 3. The van der Waals surface area contributed by atoms with Crippen LogP contribution >= 0.6 is 0 Å². The van der Waals surface area contributed by atoms with Crippen molar-refractivity contribution in [3.05, 3.63) is 59.4 Å². The van der Waals surface area contributed by atoms with Crippen molar-refractivity contribution in [2.75, 3.05) is 80.6 Å². The molecule has 5 aliphatic heterocycles. The molecule has 284 valence electrons. The molecule has 14 heteroatoms. The van der Waals surface area contributed by atoms with Crippen molar-refractivity contribution in [2.24, 2.45) is 11.8 Å². The molecule has 0 unspecified atom stereocenters. The number of nitrogens with one attached hydrogen (secondary N) is 2. The first-order valence-electron chi connectivity index (χ1n) is 19.6. The van der Waals surface area contributed by atoms with Crippen LogP contribution < -0.4 is 20.4 Å². The van der Waals surface area contributed by atoms with Crippen LogP contribution in [0.15, 0.2) is 42.5 Å². The van der Waals surface area contributed by atoms with Gasteiger partial charge in [0.15, 0.2) is 17.4 Å². The molecule has 1 aliphatic carbocycles. The summed E-state index contributed by atoms with van der Waals surface area (Å²) >= 11 is 0. The second kappa shape index (κ2) is 14.4. The Morgan fingerprint density at radius 3 is 2.35 bits per heavy atom.